The Kier molecular flexibility index (Phi) is 6.17. The molecule has 1 saturated heterocycles. The second-order valence-corrected chi connectivity index (χ2v) is 7.17. The van der Waals surface area contributed by atoms with Gasteiger partial charge in [-0.1, -0.05) is 12.1 Å². The highest BCUT2D eigenvalue weighted by molar-refractivity contribution is 7.89. The highest BCUT2D eigenvalue weighted by Gasteiger charge is 2.18. The van der Waals surface area contributed by atoms with Crippen molar-refractivity contribution in [3.05, 3.63) is 29.8 Å². The zero-order valence-electron chi connectivity index (χ0n) is 12.5. The molecule has 0 radical (unpaired) electrons. The molecule has 1 aromatic rings. The van der Waals surface area contributed by atoms with E-state index in [0.717, 1.165) is 44.6 Å². The average Bonchev–Trinajstić information content (AvgIpc) is 2.52. The maximum atomic E-state index is 12.2. The fraction of sp³-hybridized carbons (Fsp3) is 0.600. The lowest BCUT2D eigenvalue weighted by molar-refractivity contribution is 0.0678. The Hall–Kier alpha value is -0.950. The summed E-state index contributed by atoms with van der Waals surface area (Å²) < 4.78 is 32.5. The molecule has 118 valence electrons. The van der Waals surface area contributed by atoms with E-state index in [0.29, 0.717) is 17.4 Å². The van der Waals surface area contributed by atoms with E-state index in [1.807, 2.05) is 19.2 Å². The van der Waals surface area contributed by atoms with Crippen LogP contribution in [0.4, 0.5) is 0 Å². The average molecular weight is 312 g/mol. The maximum absolute atomic E-state index is 12.2. The van der Waals surface area contributed by atoms with Crippen molar-refractivity contribution in [2.24, 2.45) is 5.92 Å². The van der Waals surface area contributed by atoms with Crippen LogP contribution in [-0.2, 0) is 21.2 Å². The first kappa shape index (κ1) is 16.4. The molecule has 21 heavy (non-hydrogen) atoms. The SMILES string of the molecule is CNCCc1ccc(S(=O)(=O)NCC2CCOCC2)cc1. The Bertz CT molecular complexity index is 522. The maximum Gasteiger partial charge on any atom is 0.240 e. The molecule has 5 nitrogen and oxygen atoms in total. The highest BCUT2D eigenvalue weighted by atomic mass is 32.2. The summed E-state index contributed by atoms with van der Waals surface area (Å²) in [6, 6.07) is 7.11. The van der Waals surface area contributed by atoms with Crippen LogP contribution in [0.25, 0.3) is 0 Å². The summed E-state index contributed by atoms with van der Waals surface area (Å²) in [4.78, 5) is 0.336. The van der Waals surface area contributed by atoms with Gasteiger partial charge in [0.1, 0.15) is 0 Å². The molecular formula is C15H24N2O3S. The third-order valence-electron chi connectivity index (χ3n) is 3.80. The predicted molar refractivity (Wildman–Crippen MR) is 82.8 cm³/mol. The Labute approximate surface area is 127 Å². The summed E-state index contributed by atoms with van der Waals surface area (Å²) >= 11 is 0. The number of hydrogen-bond donors (Lipinski definition) is 2. The van der Waals surface area contributed by atoms with Crippen LogP contribution >= 0.6 is 0 Å². The van der Waals surface area contributed by atoms with E-state index in [2.05, 4.69) is 10.0 Å². The van der Waals surface area contributed by atoms with E-state index in [1.54, 1.807) is 12.1 Å². The van der Waals surface area contributed by atoms with Gasteiger partial charge in [-0.2, -0.15) is 0 Å². The van der Waals surface area contributed by atoms with Crippen LogP contribution < -0.4 is 10.0 Å². The lowest BCUT2D eigenvalue weighted by Crippen LogP contribution is -2.32. The molecule has 0 bridgehead atoms. The van der Waals surface area contributed by atoms with Crippen LogP contribution in [0.3, 0.4) is 0 Å². The Morgan fingerprint density at radius 3 is 2.48 bits per heavy atom. The molecule has 1 aliphatic heterocycles. The number of nitrogens with one attached hydrogen (secondary N) is 2. The highest BCUT2D eigenvalue weighted by Crippen LogP contribution is 2.15. The third kappa shape index (κ3) is 5.07. The van der Waals surface area contributed by atoms with Crippen molar-refractivity contribution in [2.75, 3.05) is 33.4 Å². The number of benzene rings is 1. The summed E-state index contributed by atoms with van der Waals surface area (Å²) in [5.74, 6) is 0.378. The summed E-state index contributed by atoms with van der Waals surface area (Å²) in [5, 5.41) is 3.08. The first-order valence-corrected chi connectivity index (χ1v) is 8.91. The van der Waals surface area contributed by atoms with E-state index < -0.39 is 10.0 Å². The van der Waals surface area contributed by atoms with Gasteiger partial charge in [-0.05, 0) is 56.5 Å². The van der Waals surface area contributed by atoms with Crippen molar-refractivity contribution < 1.29 is 13.2 Å². The van der Waals surface area contributed by atoms with E-state index >= 15 is 0 Å². The summed E-state index contributed by atoms with van der Waals surface area (Å²) in [6.07, 6.45) is 2.74. The number of likely N-dealkylation sites (N-methyl/N-ethyl adjacent to an activating group) is 1. The summed E-state index contributed by atoms with van der Waals surface area (Å²) in [7, 11) is -1.50. The van der Waals surface area contributed by atoms with Crippen molar-refractivity contribution in [2.45, 2.75) is 24.2 Å². The minimum absolute atomic E-state index is 0.336. The molecule has 1 aliphatic rings. The largest absolute Gasteiger partial charge is 0.381 e. The van der Waals surface area contributed by atoms with Crippen LogP contribution in [0, 0.1) is 5.92 Å². The standard InChI is InChI=1S/C15H24N2O3S/c1-16-9-6-13-2-4-15(5-3-13)21(18,19)17-12-14-7-10-20-11-8-14/h2-5,14,16-17H,6-12H2,1H3. The lowest BCUT2D eigenvalue weighted by Gasteiger charge is -2.22. The molecule has 0 spiro atoms. The van der Waals surface area contributed by atoms with Gasteiger partial charge in [0, 0.05) is 19.8 Å². The van der Waals surface area contributed by atoms with Gasteiger partial charge in [-0.25, -0.2) is 13.1 Å². The molecule has 0 unspecified atom stereocenters. The van der Waals surface area contributed by atoms with Gasteiger partial charge >= 0.3 is 0 Å². The molecule has 0 aliphatic carbocycles. The number of sulfonamides is 1. The Balaban J connectivity index is 1.91. The minimum atomic E-state index is -3.40. The number of hydrogen-bond acceptors (Lipinski definition) is 4. The van der Waals surface area contributed by atoms with Crippen molar-refractivity contribution >= 4 is 10.0 Å². The van der Waals surface area contributed by atoms with Crippen LogP contribution in [0.5, 0.6) is 0 Å². The summed E-state index contributed by atoms with van der Waals surface area (Å²) in [5.41, 5.74) is 1.13. The molecule has 0 saturated carbocycles. The smallest absolute Gasteiger partial charge is 0.240 e. The molecule has 2 N–H and O–H groups in total. The molecule has 0 atom stereocenters. The first-order chi connectivity index (χ1) is 10.1. The van der Waals surface area contributed by atoms with Crippen molar-refractivity contribution in [1.29, 1.82) is 0 Å². The number of ether oxygens (including phenoxy) is 1. The zero-order valence-corrected chi connectivity index (χ0v) is 13.3. The van der Waals surface area contributed by atoms with Crippen molar-refractivity contribution in [1.82, 2.24) is 10.0 Å². The lowest BCUT2D eigenvalue weighted by atomic mass is 10.0. The molecule has 6 heteroatoms. The van der Waals surface area contributed by atoms with Crippen molar-refractivity contribution in [3.8, 4) is 0 Å². The monoisotopic (exact) mass is 312 g/mol. The van der Waals surface area contributed by atoms with Crippen LogP contribution in [0.15, 0.2) is 29.2 Å². The molecule has 0 amide bonds. The molecule has 1 heterocycles. The van der Waals surface area contributed by atoms with Gasteiger partial charge < -0.3 is 10.1 Å². The second-order valence-electron chi connectivity index (χ2n) is 5.41. The predicted octanol–water partition coefficient (Wildman–Crippen LogP) is 1.15. The minimum Gasteiger partial charge on any atom is -0.381 e. The molecular weight excluding hydrogens is 288 g/mol. The van der Waals surface area contributed by atoms with Gasteiger partial charge in [-0.15, -0.1) is 0 Å². The zero-order chi connectivity index (χ0) is 15.1. The van der Waals surface area contributed by atoms with E-state index in [4.69, 9.17) is 4.74 Å². The second kappa shape index (κ2) is 7.89. The fourth-order valence-corrected chi connectivity index (χ4v) is 3.48. The van der Waals surface area contributed by atoms with Gasteiger partial charge in [0.05, 0.1) is 4.90 Å². The van der Waals surface area contributed by atoms with Gasteiger partial charge in [0.15, 0.2) is 0 Å². The molecule has 1 aromatic carbocycles. The van der Waals surface area contributed by atoms with Gasteiger partial charge in [0.25, 0.3) is 0 Å². The third-order valence-corrected chi connectivity index (χ3v) is 5.24. The topological polar surface area (TPSA) is 67.4 Å². The molecule has 0 aromatic heterocycles. The Morgan fingerprint density at radius 2 is 1.86 bits per heavy atom. The van der Waals surface area contributed by atoms with Crippen LogP contribution in [-0.4, -0.2) is 41.8 Å². The number of rotatable bonds is 7. The van der Waals surface area contributed by atoms with Gasteiger partial charge in [-0.3, -0.25) is 0 Å². The summed E-state index contributed by atoms with van der Waals surface area (Å²) in [6.45, 7) is 2.83. The van der Waals surface area contributed by atoms with E-state index in [1.165, 1.54) is 0 Å². The van der Waals surface area contributed by atoms with Crippen molar-refractivity contribution in [3.63, 3.8) is 0 Å². The van der Waals surface area contributed by atoms with Gasteiger partial charge in [0.2, 0.25) is 10.0 Å². The van der Waals surface area contributed by atoms with Crippen LogP contribution in [0.1, 0.15) is 18.4 Å². The van der Waals surface area contributed by atoms with Crippen LogP contribution in [0.2, 0.25) is 0 Å². The quantitative estimate of drug-likeness (QED) is 0.793. The molecule has 1 fully saturated rings. The Morgan fingerprint density at radius 1 is 1.19 bits per heavy atom. The fourth-order valence-electron chi connectivity index (χ4n) is 2.37. The normalized spacial score (nSPS) is 17.0. The molecule has 2 rings (SSSR count). The van der Waals surface area contributed by atoms with E-state index in [9.17, 15) is 8.42 Å². The van der Waals surface area contributed by atoms with E-state index in [-0.39, 0.29) is 0 Å². The first-order valence-electron chi connectivity index (χ1n) is 7.43.